The number of hydrogen-bond acceptors (Lipinski definition) is 5. The fraction of sp³-hybridized carbons (Fsp3) is 0.0741. The Kier molecular flexibility index (Phi) is 6.42. The van der Waals surface area contributed by atoms with Crippen LogP contribution in [0.5, 0.6) is 0 Å². The van der Waals surface area contributed by atoms with Gasteiger partial charge in [-0.05, 0) is 59.5 Å². The van der Waals surface area contributed by atoms with E-state index >= 15 is 0 Å². The molecule has 0 aliphatic rings. The summed E-state index contributed by atoms with van der Waals surface area (Å²) in [6.07, 6.45) is 3.62. The molecule has 0 aliphatic heterocycles. The van der Waals surface area contributed by atoms with Gasteiger partial charge in [-0.25, -0.2) is 9.59 Å². The van der Waals surface area contributed by atoms with Gasteiger partial charge < -0.3 is 30.4 Å². The number of amides is 2. The first-order valence-electron chi connectivity index (χ1n) is 11.7. The van der Waals surface area contributed by atoms with E-state index in [9.17, 15) is 29.1 Å². The first-order chi connectivity index (χ1) is 18.7. The first-order valence-corrected chi connectivity index (χ1v) is 11.7. The molecule has 5 rings (SSSR count). The number of carboxylic acid groups (broad SMARTS) is 2. The second kappa shape index (κ2) is 10.0. The van der Waals surface area contributed by atoms with Gasteiger partial charge >= 0.3 is 29.1 Å². The van der Waals surface area contributed by atoms with Crippen molar-refractivity contribution in [2.75, 3.05) is 5.32 Å². The minimum absolute atomic E-state index is 0.116. The summed E-state index contributed by atoms with van der Waals surface area (Å²) in [6, 6.07) is 16.0. The normalized spacial score (nSPS) is 11.0. The number of carbonyl (C=O) groups is 3. The van der Waals surface area contributed by atoms with Crippen LogP contribution in [0.25, 0.3) is 27.5 Å². The molecule has 0 spiro atoms. The Morgan fingerprint density at radius 1 is 0.923 bits per heavy atom. The van der Waals surface area contributed by atoms with E-state index in [-0.39, 0.29) is 12.1 Å². The van der Waals surface area contributed by atoms with Crippen molar-refractivity contribution in [3.8, 4) is 5.69 Å². The summed E-state index contributed by atoms with van der Waals surface area (Å²) in [5.74, 6) is -2.29. The van der Waals surface area contributed by atoms with E-state index in [1.54, 1.807) is 18.3 Å². The predicted molar refractivity (Wildman–Crippen MR) is 143 cm³/mol. The number of aromatic carboxylic acids is 1. The van der Waals surface area contributed by atoms with Crippen LogP contribution >= 0.6 is 0 Å². The van der Waals surface area contributed by atoms with E-state index in [4.69, 9.17) is 5.11 Å². The molecule has 0 aliphatic carbocycles. The zero-order valence-electron chi connectivity index (χ0n) is 20.2. The molecular formula is C27H21N5O7. The summed E-state index contributed by atoms with van der Waals surface area (Å²) in [6.45, 7) is -0.420. The molecule has 0 fully saturated rings. The van der Waals surface area contributed by atoms with Crippen LogP contribution in [0.3, 0.4) is 0 Å². The summed E-state index contributed by atoms with van der Waals surface area (Å²) in [5, 5.41) is 25.0. The summed E-state index contributed by atoms with van der Waals surface area (Å²) < 4.78 is 2.76. The van der Waals surface area contributed by atoms with Gasteiger partial charge in [-0.15, -0.1) is 0 Å². The maximum atomic E-state index is 12.3. The van der Waals surface area contributed by atoms with Gasteiger partial charge in [-0.3, -0.25) is 19.0 Å². The zero-order valence-corrected chi connectivity index (χ0v) is 20.2. The van der Waals surface area contributed by atoms with E-state index in [0.29, 0.717) is 22.1 Å². The van der Waals surface area contributed by atoms with E-state index in [0.717, 1.165) is 21.2 Å². The van der Waals surface area contributed by atoms with Crippen molar-refractivity contribution in [2.45, 2.75) is 13.1 Å². The molecule has 0 radical (unpaired) electrons. The van der Waals surface area contributed by atoms with Gasteiger partial charge in [0.05, 0.1) is 16.6 Å². The van der Waals surface area contributed by atoms with Gasteiger partial charge in [0, 0.05) is 35.7 Å². The molecule has 0 saturated carbocycles. The van der Waals surface area contributed by atoms with Gasteiger partial charge in [0.1, 0.15) is 6.54 Å². The number of anilines is 1. The fourth-order valence-corrected chi connectivity index (χ4v) is 4.26. The highest BCUT2D eigenvalue weighted by atomic mass is 16.4. The lowest BCUT2D eigenvalue weighted by atomic mass is 10.1. The van der Waals surface area contributed by atoms with E-state index in [2.05, 4.69) is 15.6 Å². The average molecular weight is 527 g/mol. The van der Waals surface area contributed by atoms with E-state index < -0.39 is 35.6 Å². The Labute approximate surface area is 218 Å². The quantitative estimate of drug-likeness (QED) is 0.160. The third-order valence-corrected chi connectivity index (χ3v) is 6.14. The number of benzene rings is 3. The SMILES string of the molecule is O=C(O)Cn1c(=O)c(=O)[nH]c2c3cc(-n4ccc(CNC(=O)Nc5ccc(C(=O)O)cc5)c4)ccc3ccc21. The highest BCUT2D eigenvalue weighted by molar-refractivity contribution is 6.04. The molecule has 196 valence electrons. The Hall–Kier alpha value is -5.65. The number of H-pyrrole nitrogens is 1. The monoisotopic (exact) mass is 527 g/mol. The lowest BCUT2D eigenvalue weighted by molar-refractivity contribution is -0.137. The molecule has 0 saturated heterocycles. The van der Waals surface area contributed by atoms with Gasteiger partial charge in [0.2, 0.25) is 0 Å². The predicted octanol–water partition coefficient (Wildman–Crippen LogP) is 2.74. The summed E-state index contributed by atoms with van der Waals surface area (Å²) in [7, 11) is 0. The second-order valence-corrected chi connectivity index (χ2v) is 8.72. The Bertz CT molecular complexity index is 1880. The van der Waals surface area contributed by atoms with Crippen molar-refractivity contribution in [3.05, 3.63) is 105 Å². The minimum atomic E-state index is -1.24. The van der Waals surface area contributed by atoms with Crippen LogP contribution in [0, 0.1) is 0 Å². The van der Waals surface area contributed by atoms with Crippen LogP contribution in [0.4, 0.5) is 10.5 Å². The lowest BCUT2D eigenvalue weighted by Gasteiger charge is -2.11. The fourth-order valence-electron chi connectivity index (χ4n) is 4.26. The number of nitrogens with one attached hydrogen (secondary N) is 3. The van der Waals surface area contributed by atoms with E-state index in [1.807, 2.05) is 35.0 Å². The number of nitrogens with zero attached hydrogens (tertiary/aromatic N) is 2. The number of aromatic amines is 1. The maximum Gasteiger partial charge on any atom is 0.335 e. The number of urea groups is 1. The molecule has 0 unspecified atom stereocenters. The summed E-state index contributed by atoms with van der Waals surface area (Å²) in [4.78, 5) is 61.6. The Morgan fingerprint density at radius 3 is 2.38 bits per heavy atom. The third kappa shape index (κ3) is 5.11. The molecule has 2 aromatic heterocycles. The summed E-state index contributed by atoms with van der Waals surface area (Å²) in [5.41, 5.74) is 0.899. The van der Waals surface area contributed by atoms with Crippen molar-refractivity contribution in [3.63, 3.8) is 0 Å². The third-order valence-electron chi connectivity index (χ3n) is 6.14. The topological polar surface area (TPSA) is 176 Å². The number of aromatic nitrogens is 3. The van der Waals surface area contributed by atoms with Gasteiger partial charge in [0.25, 0.3) is 0 Å². The molecule has 5 N–H and O–H groups in total. The number of carboxylic acids is 2. The van der Waals surface area contributed by atoms with Crippen LogP contribution in [-0.4, -0.2) is 42.3 Å². The van der Waals surface area contributed by atoms with Crippen molar-refractivity contribution in [2.24, 2.45) is 0 Å². The van der Waals surface area contributed by atoms with Gasteiger partial charge in [-0.1, -0.05) is 12.1 Å². The number of aliphatic carboxylic acids is 1. The number of rotatable bonds is 7. The average Bonchev–Trinajstić information content (AvgIpc) is 3.39. The standard InChI is InChI=1S/C27H21N5O7/c33-22(34)14-32-21-8-4-16-3-7-19(11-20(16)23(21)30-24(35)25(32)36)31-10-9-15(13-31)12-28-27(39)29-18-5-1-17(2-6-18)26(37)38/h1-11,13H,12,14H2,(H,30,35)(H,33,34)(H,37,38)(H2,28,29,39). The molecule has 39 heavy (non-hydrogen) atoms. The smallest absolute Gasteiger partial charge is 0.335 e. The number of hydrogen-bond donors (Lipinski definition) is 5. The van der Waals surface area contributed by atoms with E-state index in [1.165, 1.54) is 24.3 Å². The van der Waals surface area contributed by atoms with Crippen LogP contribution in [0.15, 0.2) is 82.6 Å². The van der Waals surface area contributed by atoms with Gasteiger partial charge in [0.15, 0.2) is 0 Å². The molecule has 0 bridgehead atoms. The van der Waals surface area contributed by atoms with Crippen molar-refractivity contribution >= 4 is 45.5 Å². The van der Waals surface area contributed by atoms with Crippen LogP contribution in [0.1, 0.15) is 15.9 Å². The van der Waals surface area contributed by atoms with Crippen LogP contribution in [0.2, 0.25) is 0 Å². The van der Waals surface area contributed by atoms with Crippen molar-refractivity contribution in [1.82, 2.24) is 19.4 Å². The minimum Gasteiger partial charge on any atom is -0.480 e. The molecular weight excluding hydrogens is 506 g/mol. The van der Waals surface area contributed by atoms with Crippen molar-refractivity contribution in [1.29, 1.82) is 0 Å². The largest absolute Gasteiger partial charge is 0.480 e. The Balaban J connectivity index is 1.37. The highest BCUT2D eigenvalue weighted by Gasteiger charge is 2.13. The Morgan fingerprint density at radius 2 is 1.67 bits per heavy atom. The molecule has 2 heterocycles. The summed E-state index contributed by atoms with van der Waals surface area (Å²) >= 11 is 0. The van der Waals surface area contributed by atoms with Crippen LogP contribution < -0.4 is 21.8 Å². The molecule has 2 amide bonds. The second-order valence-electron chi connectivity index (χ2n) is 8.72. The zero-order chi connectivity index (χ0) is 27.7. The number of carbonyl (C=O) groups excluding carboxylic acids is 1. The number of fused-ring (bicyclic) bond motifs is 3. The van der Waals surface area contributed by atoms with Crippen molar-refractivity contribution < 1.29 is 24.6 Å². The molecule has 12 nitrogen and oxygen atoms in total. The lowest BCUT2D eigenvalue weighted by Crippen LogP contribution is -2.37. The molecule has 3 aromatic carbocycles. The highest BCUT2D eigenvalue weighted by Crippen LogP contribution is 2.25. The van der Waals surface area contributed by atoms with Gasteiger partial charge in [-0.2, -0.15) is 0 Å². The van der Waals surface area contributed by atoms with Crippen LogP contribution in [-0.2, 0) is 17.9 Å². The first kappa shape index (κ1) is 25.0. The maximum absolute atomic E-state index is 12.3. The molecule has 12 heteroatoms. The molecule has 5 aromatic rings. The molecule has 0 atom stereocenters.